The highest BCUT2D eigenvalue weighted by Crippen LogP contribution is 2.36. The predicted octanol–water partition coefficient (Wildman–Crippen LogP) is 3.28. The van der Waals surface area contributed by atoms with Gasteiger partial charge in [-0.05, 0) is 12.1 Å². The van der Waals surface area contributed by atoms with E-state index < -0.39 is 5.97 Å². The van der Waals surface area contributed by atoms with Gasteiger partial charge in [0.25, 0.3) is 0 Å². The van der Waals surface area contributed by atoms with Crippen LogP contribution in [0.3, 0.4) is 0 Å². The molecule has 0 saturated carbocycles. The number of hydrogen-bond donors (Lipinski definition) is 3. The highest BCUT2D eigenvalue weighted by molar-refractivity contribution is 6.16. The second kappa shape index (κ2) is 5.10. The minimum absolute atomic E-state index is 0.197. The van der Waals surface area contributed by atoms with Crippen molar-refractivity contribution in [3.05, 3.63) is 65.9 Å². The van der Waals surface area contributed by atoms with Gasteiger partial charge in [0.2, 0.25) is 0 Å². The summed E-state index contributed by atoms with van der Waals surface area (Å²) in [4.78, 5) is 16.1. The van der Waals surface area contributed by atoms with Crippen LogP contribution in [0.4, 0.5) is 11.4 Å². The Morgan fingerprint density at radius 1 is 1.00 bits per heavy atom. The summed E-state index contributed by atoms with van der Waals surface area (Å²) in [6.07, 6.45) is 1.63. The Morgan fingerprint density at radius 2 is 1.74 bits per heavy atom. The van der Waals surface area contributed by atoms with Gasteiger partial charge in [-0.3, -0.25) is 5.10 Å². The van der Waals surface area contributed by atoms with E-state index in [4.69, 9.17) is 0 Å². The van der Waals surface area contributed by atoms with Crippen LogP contribution in [-0.2, 0) is 0 Å². The van der Waals surface area contributed by atoms with Gasteiger partial charge in [-0.2, -0.15) is 5.10 Å². The largest absolute Gasteiger partial charge is 0.478 e. The number of rotatable bonds is 2. The molecule has 0 atom stereocenters. The lowest BCUT2D eigenvalue weighted by Crippen LogP contribution is -2.17. The number of carboxylic acids is 1. The van der Waals surface area contributed by atoms with E-state index in [0.717, 1.165) is 16.9 Å². The molecule has 3 N–H and O–H groups in total. The number of anilines is 1. The fourth-order valence-corrected chi connectivity index (χ4v) is 2.65. The zero-order valence-corrected chi connectivity index (χ0v) is 11.9. The monoisotopic (exact) mass is 304 g/mol. The van der Waals surface area contributed by atoms with Crippen LogP contribution in [0, 0.1) is 0 Å². The smallest absolute Gasteiger partial charge is 0.336 e. The Labute approximate surface area is 131 Å². The van der Waals surface area contributed by atoms with Crippen LogP contribution >= 0.6 is 0 Å². The van der Waals surface area contributed by atoms with Crippen molar-refractivity contribution in [1.82, 2.24) is 10.2 Å². The number of amidine groups is 1. The number of nitrogens with one attached hydrogen (secondary N) is 2. The number of aromatic nitrogens is 2. The van der Waals surface area contributed by atoms with E-state index in [1.165, 1.54) is 0 Å². The lowest BCUT2D eigenvalue weighted by atomic mass is 10.1. The lowest BCUT2D eigenvalue weighted by Gasteiger charge is -2.12. The number of carboxylic acid groups (broad SMARTS) is 1. The van der Waals surface area contributed by atoms with Gasteiger partial charge in [0.05, 0.1) is 17.5 Å². The van der Waals surface area contributed by atoms with E-state index in [9.17, 15) is 9.90 Å². The summed E-state index contributed by atoms with van der Waals surface area (Å²) >= 11 is 0. The number of H-pyrrole nitrogens is 1. The van der Waals surface area contributed by atoms with Crippen molar-refractivity contribution in [1.29, 1.82) is 0 Å². The Morgan fingerprint density at radius 3 is 2.57 bits per heavy atom. The first kappa shape index (κ1) is 13.3. The van der Waals surface area contributed by atoms with E-state index in [2.05, 4.69) is 20.5 Å². The predicted molar refractivity (Wildman–Crippen MR) is 87.2 cm³/mol. The molecule has 1 aliphatic heterocycles. The molecule has 0 spiro atoms. The van der Waals surface area contributed by atoms with Crippen LogP contribution in [0.1, 0.15) is 15.9 Å². The molecule has 0 fully saturated rings. The third-order valence-electron chi connectivity index (χ3n) is 3.71. The minimum atomic E-state index is -0.991. The van der Waals surface area contributed by atoms with Crippen molar-refractivity contribution < 1.29 is 9.90 Å². The number of para-hydroxylation sites is 1. The lowest BCUT2D eigenvalue weighted by molar-refractivity contribution is 0.0696. The Balaban J connectivity index is 1.95. The van der Waals surface area contributed by atoms with Crippen LogP contribution in [0.15, 0.2) is 59.7 Å². The number of nitrogens with zero attached hydrogens (tertiary/aromatic N) is 2. The maximum atomic E-state index is 11.5. The minimum Gasteiger partial charge on any atom is -0.478 e. The first-order valence-corrected chi connectivity index (χ1v) is 7.05. The van der Waals surface area contributed by atoms with Gasteiger partial charge in [-0.15, -0.1) is 0 Å². The molecule has 23 heavy (non-hydrogen) atoms. The van der Waals surface area contributed by atoms with Gasteiger partial charge in [0.1, 0.15) is 11.5 Å². The molecular formula is C17H12N4O2. The standard InChI is InChI=1S/C17H12N4O2/c22-17(23)11-6-2-1-5-10(11)16-19-13-8-4-3-7-12(13)15-14(20-16)9-18-21-15/h1-9H,(H,18,21)(H,19,20)(H,22,23). The summed E-state index contributed by atoms with van der Waals surface area (Å²) in [5, 5.41) is 19.7. The summed E-state index contributed by atoms with van der Waals surface area (Å²) in [5.74, 6) is -0.509. The number of aliphatic imine (C=N–C) groups is 1. The molecule has 2 aromatic carbocycles. The molecule has 4 rings (SSSR count). The Kier molecular flexibility index (Phi) is 2.94. The van der Waals surface area contributed by atoms with E-state index in [1.54, 1.807) is 30.5 Å². The van der Waals surface area contributed by atoms with Crippen LogP contribution < -0.4 is 5.32 Å². The average Bonchev–Trinajstić information content (AvgIpc) is 2.97. The number of carbonyl (C=O) groups is 1. The van der Waals surface area contributed by atoms with Crippen molar-refractivity contribution in [2.75, 3.05) is 5.32 Å². The van der Waals surface area contributed by atoms with Crippen molar-refractivity contribution in [3.63, 3.8) is 0 Å². The molecule has 0 saturated heterocycles. The molecule has 2 heterocycles. The number of benzene rings is 2. The van der Waals surface area contributed by atoms with Gasteiger partial charge < -0.3 is 10.4 Å². The zero-order chi connectivity index (χ0) is 15.8. The summed E-state index contributed by atoms with van der Waals surface area (Å²) in [7, 11) is 0. The average molecular weight is 304 g/mol. The quantitative estimate of drug-likeness (QED) is 0.677. The second-order valence-corrected chi connectivity index (χ2v) is 5.11. The van der Waals surface area contributed by atoms with Gasteiger partial charge in [-0.25, -0.2) is 9.79 Å². The highest BCUT2D eigenvalue weighted by Gasteiger charge is 2.21. The van der Waals surface area contributed by atoms with Crippen LogP contribution in [0.5, 0.6) is 0 Å². The van der Waals surface area contributed by atoms with E-state index in [-0.39, 0.29) is 5.56 Å². The van der Waals surface area contributed by atoms with Gasteiger partial charge in [-0.1, -0.05) is 36.4 Å². The SMILES string of the molecule is O=C(O)c1ccccc1C1=Nc2cn[nH]c2-c2ccccc2N1. The fourth-order valence-electron chi connectivity index (χ4n) is 2.65. The number of hydrogen-bond acceptors (Lipinski definition) is 4. The van der Waals surface area contributed by atoms with Gasteiger partial charge in [0, 0.05) is 16.8 Å². The first-order valence-electron chi connectivity index (χ1n) is 7.05. The number of fused-ring (bicyclic) bond motifs is 3. The number of aromatic carboxylic acids is 1. The van der Waals surface area contributed by atoms with Crippen LogP contribution in [0.25, 0.3) is 11.3 Å². The molecule has 6 heteroatoms. The molecular weight excluding hydrogens is 292 g/mol. The normalized spacial score (nSPS) is 12.4. The molecule has 0 radical (unpaired) electrons. The fraction of sp³-hybridized carbons (Fsp3) is 0. The Hall–Kier alpha value is -3.41. The molecule has 0 amide bonds. The van der Waals surface area contributed by atoms with Gasteiger partial charge in [0.15, 0.2) is 0 Å². The van der Waals surface area contributed by atoms with Crippen molar-refractivity contribution in [2.45, 2.75) is 0 Å². The molecule has 112 valence electrons. The van der Waals surface area contributed by atoms with E-state index >= 15 is 0 Å². The Bertz CT molecular complexity index is 943. The summed E-state index contributed by atoms with van der Waals surface area (Å²) in [6.45, 7) is 0. The zero-order valence-electron chi connectivity index (χ0n) is 11.9. The molecule has 1 aliphatic rings. The van der Waals surface area contributed by atoms with E-state index in [1.807, 2.05) is 24.3 Å². The topological polar surface area (TPSA) is 90.4 Å². The maximum absolute atomic E-state index is 11.5. The maximum Gasteiger partial charge on any atom is 0.336 e. The summed E-state index contributed by atoms with van der Waals surface area (Å²) in [6, 6.07) is 14.5. The molecule has 0 unspecified atom stereocenters. The summed E-state index contributed by atoms with van der Waals surface area (Å²) in [5.41, 5.74) is 3.97. The third kappa shape index (κ3) is 2.17. The first-order chi connectivity index (χ1) is 11.2. The van der Waals surface area contributed by atoms with Gasteiger partial charge >= 0.3 is 5.97 Å². The van der Waals surface area contributed by atoms with Crippen molar-refractivity contribution in [2.24, 2.45) is 4.99 Å². The summed E-state index contributed by atoms with van der Waals surface area (Å²) < 4.78 is 0. The molecule has 1 aromatic heterocycles. The van der Waals surface area contributed by atoms with E-state index in [0.29, 0.717) is 17.1 Å². The number of aromatic amines is 1. The third-order valence-corrected chi connectivity index (χ3v) is 3.71. The van der Waals surface area contributed by atoms with Crippen LogP contribution in [-0.4, -0.2) is 27.1 Å². The van der Waals surface area contributed by atoms with Crippen molar-refractivity contribution >= 4 is 23.2 Å². The molecule has 6 nitrogen and oxygen atoms in total. The molecule has 0 bridgehead atoms. The van der Waals surface area contributed by atoms with Crippen molar-refractivity contribution in [3.8, 4) is 11.3 Å². The highest BCUT2D eigenvalue weighted by atomic mass is 16.4. The molecule has 3 aromatic rings. The molecule has 0 aliphatic carbocycles. The van der Waals surface area contributed by atoms with Crippen LogP contribution in [0.2, 0.25) is 0 Å². The second-order valence-electron chi connectivity index (χ2n) is 5.11.